The third-order valence-corrected chi connectivity index (χ3v) is 3.08. The maximum Gasteiger partial charge on any atom is 0.120 e. The second-order valence-corrected chi connectivity index (χ2v) is 5.08. The molecule has 0 spiro atoms. The predicted octanol–water partition coefficient (Wildman–Crippen LogP) is 3.90. The summed E-state index contributed by atoms with van der Waals surface area (Å²) in [4.78, 5) is 0. The van der Waals surface area contributed by atoms with Crippen molar-refractivity contribution in [2.75, 3.05) is 0 Å². The van der Waals surface area contributed by atoms with Crippen molar-refractivity contribution in [3.05, 3.63) is 70.2 Å². The number of phenols is 1. The van der Waals surface area contributed by atoms with Crippen LogP contribution in [0.5, 0.6) is 5.75 Å². The Hall–Kier alpha value is -2.07. The first-order valence-electron chi connectivity index (χ1n) is 6.21. The number of rotatable bonds is 5. The number of halogens is 1. The second-order valence-electron chi connectivity index (χ2n) is 4.16. The number of para-hydroxylation sites is 1. The van der Waals surface area contributed by atoms with Gasteiger partial charge in [-0.2, -0.15) is 5.10 Å². The number of allylic oxidation sites excluding steroid dienone is 1. The van der Waals surface area contributed by atoms with E-state index in [0.29, 0.717) is 6.54 Å². The third-order valence-electron chi connectivity index (χ3n) is 2.64. The Bertz CT molecular complexity index is 609. The molecule has 0 fully saturated rings. The highest BCUT2D eigenvalue weighted by Crippen LogP contribution is 2.15. The van der Waals surface area contributed by atoms with Crippen LogP contribution in [0.15, 0.2) is 64.2 Å². The fourth-order valence-corrected chi connectivity index (χ4v) is 2.01. The molecule has 2 N–H and O–H groups in total. The van der Waals surface area contributed by atoms with Crippen molar-refractivity contribution in [2.24, 2.45) is 5.10 Å². The van der Waals surface area contributed by atoms with Gasteiger partial charge in [-0.05, 0) is 33.6 Å². The molecule has 0 saturated heterocycles. The van der Waals surface area contributed by atoms with Gasteiger partial charge in [0.1, 0.15) is 5.75 Å². The molecule has 2 aromatic carbocycles. The molecular formula is C16H15BrN2O. The lowest BCUT2D eigenvalue weighted by Crippen LogP contribution is -2.05. The minimum Gasteiger partial charge on any atom is -0.508 e. The van der Waals surface area contributed by atoms with Crippen molar-refractivity contribution in [3.8, 4) is 5.75 Å². The maximum atomic E-state index is 9.60. The zero-order valence-corrected chi connectivity index (χ0v) is 12.4. The molecule has 3 nitrogen and oxygen atoms in total. The molecule has 20 heavy (non-hydrogen) atoms. The summed E-state index contributed by atoms with van der Waals surface area (Å²) in [5, 5.41) is 13.7. The zero-order chi connectivity index (χ0) is 14.2. The third kappa shape index (κ3) is 4.55. The van der Waals surface area contributed by atoms with Crippen LogP contribution in [0.25, 0.3) is 6.08 Å². The molecule has 0 aliphatic rings. The van der Waals surface area contributed by atoms with Gasteiger partial charge < -0.3 is 10.5 Å². The SMILES string of the molecule is Oc1ccccc1CNN=CC(Br)=Cc1ccccc1. The fourth-order valence-electron chi connectivity index (χ4n) is 1.64. The van der Waals surface area contributed by atoms with Gasteiger partial charge in [0.05, 0.1) is 12.8 Å². The highest BCUT2D eigenvalue weighted by atomic mass is 79.9. The average Bonchev–Trinajstić information content (AvgIpc) is 2.46. The van der Waals surface area contributed by atoms with Crippen LogP contribution in [0.4, 0.5) is 0 Å². The van der Waals surface area contributed by atoms with Crippen molar-refractivity contribution in [1.82, 2.24) is 5.43 Å². The van der Waals surface area contributed by atoms with Gasteiger partial charge in [-0.1, -0.05) is 48.5 Å². The quantitative estimate of drug-likeness (QED) is 0.645. The minimum atomic E-state index is 0.272. The van der Waals surface area contributed by atoms with Crippen LogP contribution in [0.2, 0.25) is 0 Å². The Morgan fingerprint density at radius 1 is 1.10 bits per heavy atom. The molecule has 0 atom stereocenters. The first kappa shape index (κ1) is 14.3. The summed E-state index contributed by atoms with van der Waals surface area (Å²) in [5.41, 5.74) is 4.81. The van der Waals surface area contributed by atoms with Gasteiger partial charge in [-0.3, -0.25) is 0 Å². The molecule has 2 rings (SSSR count). The molecule has 0 saturated carbocycles. The van der Waals surface area contributed by atoms with E-state index in [4.69, 9.17) is 0 Å². The Labute approximate surface area is 126 Å². The van der Waals surface area contributed by atoms with Crippen molar-refractivity contribution < 1.29 is 5.11 Å². The second kappa shape index (κ2) is 7.50. The van der Waals surface area contributed by atoms with E-state index in [2.05, 4.69) is 26.5 Å². The van der Waals surface area contributed by atoms with E-state index in [-0.39, 0.29) is 5.75 Å². The summed E-state index contributed by atoms with van der Waals surface area (Å²) in [6.07, 6.45) is 3.66. The lowest BCUT2D eigenvalue weighted by molar-refractivity contribution is 0.465. The first-order valence-corrected chi connectivity index (χ1v) is 7.00. The predicted molar refractivity (Wildman–Crippen MR) is 86.8 cm³/mol. The fraction of sp³-hybridized carbons (Fsp3) is 0.0625. The van der Waals surface area contributed by atoms with Gasteiger partial charge in [0, 0.05) is 10.0 Å². The average molecular weight is 331 g/mol. The van der Waals surface area contributed by atoms with E-state index in [0.717, 1.165) is 15.6 Å². The Kier molecular flexibility index (Phi) is 5.38. The largest absolute Gasteiger partial charge is 0.508 e. The molecule has 0 radical (unpaired) electrons. The smallest absolute Gasteiger partial charge is 0.120 e. The van der Waals surface area contributed by atoms with E-state index in [1.165, 1.54) is 0 Å². The van der Waals surface area contributed by atoms with Crippen molar-refractivity contribution >= 4 is 28.2 Å². The molecule has 0 amide bonds. The Morgan fingerprint density at radius 2 is 1.80 bits per heavy atom. The van der Waals surface area contributed by atoms with Crippen LogP contribution in [0.3, 0.4) is 0 Å². The monoisotopic (exact) mass is 330 g/mol. The normalized spacial score (nSPS) is 11.8. The van der Waals surface area contributed by atoms with Crippen LogP contribution in [0.1, 0.15) is 11.1 Å². The van der Waals surface area contributed by atoms with E-state index in [1.54, 1.807) is 18.3 Å². The zero-order valence-electron chi connectivity index (χ0n) is 10.8. The molecule has 0 aliphatic heterocycles. The highest BCUT2D eigenvalue weighted by molar-refractivity contribution is 9.12. The van der Waals surface area contributed by atoms with Crippen LogP contribution >= 0.6 is 15.9 Å². The molecule has 0 bridgehead atoms. The Morgan fingerprint density at radius 3 is 2.55 bits per heavy atom. The van der Waals surface area contributed by atoms with Gasteiger partial charge in [0.2, 0.25) is 0 Å². The van der Waals surface area contributed by atoms with Gasteiger partial charge in [-0.25, -0.2) is 0 Å². The van der Waals surface area contributed by atoms with Crippen LogP contribution in [-0.4, -0.2) is 11.3 Å². The van der Waals surface area contributed by atoms with Gasteiger partial charge >= 0.3 is 0 Å². The van der Waals surface area contributed by atoms with Crippen molar-refractivity contribution in [3.63, 3.8) is 0 Å². The van der Waals surface area contributed by atoms with Crippen molar-refractivity contribution in [1.29, 1.82) is 0 Å². The summed E-state index contributed by atoms with van der Waals surface area (Å²) in [6, 6.07) is 17.2. The summed E-state index contributed by atoms with van der Waals surface area (Å²) >= 11 is 3.44. The van der Waals surface area contributed by atoms with E-state index >= 15 is 0 Å². The van der Waals surface area contributed by atoms with Gasteiger partial charge in [0.25, 0.3) is 0 Å². The van der Waals surface area contributed by atoms with Crippen molar-refractivity contribution in [2.45, 2.75) is 6.54 Å². The first-order chi connectivity index (χ1) is 9.75. The van der Waals surface area contributed by atoms with Gasteiger partial charge in [0.15, 0.2) is 0 Å². The van der Waals surface area contributed by atoms with Crippen LogP contribution < -0.4 is 5.43 Å². The number of nitrogens with one attached hydrogen (secondary N) is 1. The minimum absolute atomic E-state index is 0.272. The number of hydrogen-bond donors (Lipinski definition) is 2. The van der Waals surface area contributed by atoms with E-state index < -0.39 is 0 Å². The summed E-state index contributed by atoms with van der Waals surface area (Å²) in [6.45, 7) is 0.481. The number of hydrazone groups is 1. The lowest BCUT2D eigenvalue weighted by atomic mass is 10.2. The standard InChI is InChI=1S/C16H15BrN2O/c17-15(10-13-6-2-1-3-7-13)12-19-18-11-14-8-4-5-9-16(14)20/h1-10,12,18,20H,11H2. The maximum absolute atomic E-state index is 9.60. The number of aromatic hydroxyl groups is 1. The number of hydrogen-bond acceptors (Lipinski definition) is 3. The molecule has 0 aliphatic carbocycles. The summed E-state index contributed by atoms with van der Waals surface area (Å²) < 4.78 is 0.869. The molecule has 0 heterocycles. The highest BCUT2D eigenvalue weighted by Gasteiger charge is 1.96. The molecule has 2 aromatic rings. The molecule has 4 heteroatoms. The Balaban J connectivity index is 1.88. The number of phenolic OH excluding ortho intramolecular Hbond substituents is 1. The summed E-state index contributed by atoms with van der Waals surface area (Å²) in [5.74, 6) is 0.272. The molecule has 0 aromatic heterocycles. The van der Waals surface area contributed by atoms with Gasteiger partial charge in [-0.15, -0.1) is 0 Å². The molecular weight excluding hydrogens is 316 g/mol. The van der Waals surface area contributed by atoms with Crippen LogP contribution in [-0.2, 0) is 6.54 Å². The summed E-state index contributed by atoms with van der Waals surface area (Å²) in [7, 11) is 0. The lowest BCUT2D eigenvalue weighted by Gasteiger charge is -2.02. The topological polar surface area (TPSA) is 44.6 Å². The van der Waals surface area contributed by atoms with E-state index in [9.17, 15) is 5.11 Å². The van der Waals surface area contributed by atoms with Crippen LogP contribution in [0, 0.1) is 0 Å². The van der Waals surface area contributed by atoms with E-state index in [1.807, 2.05) is 48.5 Å². The molecule has 0 unspecified atom stereocenters. The number of nitrogens with zero attached hydrogens (tertiary/aromatic N) is 1. The molecule has 102 valence electrons. The number of benzene rings is 2.